The van der Waals surface area contributed by atoms with Crippen molar-refractivity contribution in [2.75, 3.05) is 18.4 Å². The maximum Gasteiger partial charge on any atom is 0.276 e. The zero-order valence-corrected chi connectivity index (χ0v) is 14.6. The molecule has 0 radical (unpaired) electrons. The molecular weight excluding hydrogens is 356 g/mol. The summed E-state index contributed by atoms with van der Waals surface area (Å²) in [7, 11) is 0. The molecule has 0 spiro atoms. The molecule has 1 fully saturated rings. The number of hydrogen-bond donors (Lipinski definition) is 1. The summed E-state index contributed by atoms with van der Waals surface area (Å²) in [5, 5.41) is 9.06. The third kappa shape index (κ3) is 3.38. The number of thiazole rings is 1. The van der Waals surface area contributed by atoms with E-state index in [2.05, 4.69) is 15.5 Å². The zero-order chi connectivity index (χ0) is 17.9. The minimum absolute atomic E-state index is 0.0476. The van der Waals surface area contributed by atoms with Crippen LogP contribution in [-0.4, -0.2) is 39.9 Å². The summed E-state index contributed by atoms with van der Waals surface area (Å²) >= 11 is 1.39. The number of aromatic nitrogens is 2. The number of nitrogens with one attached hydrogen (secondary N) is 1. The fourth-order valence-electron chi connectivity index (χ4n) is 2.91. The molecule has 0 bridgehead atoms. The van der Waals surface area contributed by atoms with E-state index in [-0.39, 0.29) is 23.4 Å². The highest BCUT2D eigenvalue weighted by Crippen LogP contribution is 2.24. The topological polar surface area (TPSA) is 101 Å². The van der Waals surface area contributed by atoms with E-state index in [0.717, 1.165) is 0 Å². The van der Waals surface area contributed by atoms with Crippen molar-refractivity contribution in [1.29, 1.82) is 0 Å². The van der Waals surface area contributed by atoms with Crippen LogP contribution in [-0.2, 0) is 4.79 Å². The van der Waals surface area contributed by atoms with E-state index in [1.807, 2.05) is 5.38 Å². The number of furan rings is 1. The van der Waals surface area contributed by atoms with Crippen LogP contribution in [0.4, 0.5) is 5.13 Å². The number of piperidine rings is 1. The Bertz CT molecular complexity index is 880. The van der Waals surface area contributed by atoms with Gasteiger partial charge in [0.1, 0.15) is 0 Å². The minimum Gasteiger partial charge on any atom is -0.461 e. The Morgan fingerprint density at radius 3 is 2.81 bits per heavy atom. The Balaban J connectivity index is 1.34. The van der Waals surface area contributed by atoms with Gasteiger partial charge in [0, 0.05) is 36.7 Å². The Kier molecular flexibility index (Phi) is 4.53. The normalized spacial score (nSPS) is 15.2. The largest absolute Gasteiger partial charge is 0.461 e. The van der Waals surface area contributed by atoms with Gasteiger partial charge < -0.3 is 19.2 Å². The van der Waals surface area contributed by atoms with Gasteiger partial charge in [0.15, 0.2) is 16.6 Å². The predicted molar refractivity (Wildman–Crippen MR) is 93.6 cm³/mol. The third-order valence-corrected chi connectivity index (χ3v) is 5.00. The Morgan fingerprint density at radius 2 is 2.12 bits per heavy atom. The molecule has 1 saturated heterocycles. The standard InChI is InChI=1S/C17H16N4O4S/c22-15(19-17-18-5-9-26-17)11-3-6-21(7-4-11)16(23)12-10-14(25-20-12)13-2-1-8-24-13/h1-2,5,8-11H,3-4,6-7H2,(H,18,19,22). The van der Waals surface area contributed by atoms with Crippen molar-refractivity contribution < 1.29 is 18.5 Å². The van der Waals surface area contributed by atoms with E-state index in [1.54, 1.807) is 29.3 Å². The number of hydrogen-bond acceptors (Lipinski definition) is 7. The molecular formula is C17H16N4O4S. The van der Waals surface area contributed by atoms with E-state index in [9.17, 15) is 9.59 Å². The molecule has 0 unspecified atom stereocenters. The van der Waals surface area contributed by atoms with Gasteiger partial charge in [-0.05, 0) is 25.0 Å². The molecule has 0 saturated carbocycles. The summed E-state index contributed by atoms with van der Waals surface area (Å²) < 4.78 is 10.4. The lowest BCUT2D eigenvalue weighted by atomic mass is 9.96. The van der Waals surface area contributed by atoms with Crippen LogP contribution in [0.1, 0.15) is 23.3 Å². The number of anilines is 1. The average molecular weight is 372 g/mol. The Morgan fingerprint density at radius 1 is 1.27 bits per heavy atom. The van der Waals surface area contributed by atoms with Crippen LogP contribution in [0.5, 0.6) is 0 Å². The van der Waals surface area contributed by atoms with E-state index < -0.39 is 0 Å². The highest BCUT2D eigenvalue weighted by Gasteiger charge is 2.29. The fraction of sp³-hybridized carbons (Fsp3) is 0.294. The van der Waals surface area contributed by atoms with Gasteiger partial charge in [-0.3, -0.25) is 9.59 Å². The van der Waals surface area contributed by atoms with Crippen LogP contribution in [0, 0.1) is 5.92 Å². The molecule has 134 valence electrons. The molecule has 3 aromatic heterocycles. The second-order valence-corrected chi connectivity index (χ2v) is 6.84. The van der Waals surface area contributed by atoms with Crippen molar-refractivity contribution >= 4 is 28.3 Å². The van der Waals surface area contributed by atoms with Gasteiger partial charge in [-0.1, -0.05) is 5.16 Å². The second-order valence-electron chi connectivity index (χ2n) is 5.95. The summed E-state index contributed by atoms with van der Waals surface area (Å²) in [6.45, 7) is 0.996. The monoisotopic (exact) mass is 372 g/mol. The van der Waals surface area contributed by atoms with Gasteiger partial charge >= 0.3 is 0 Å². The second kappa shape index (κ2) is 7.12. The van der Waals surface area contributed by atoms with Crippen LogP contribution in [0.2, 0.25) is 0 Å². The van der Waals surface area contributed by atoms with Crippen LogP contribution in [0.3, 0.4) is 0 Å². The highest BCUT2D eigenvalue weighted by atomic mass is 32.1. The summed E-state index contributed by atoms with van der Waals surface area (Å²) in [6, 6.07) is 5.05. The zero-order valence-electron chi connectivity index (χ0n) is 13.8. The number of amides is 2. The van der Waals surface area contributed by atoms with Gasteiger partial charge in [-0.25, -0.2) is 4.98 Å². The molecule has 9 heteroatoms. The van der Waals surface area contributed by atoms with E-state index in [0.29, 0.717) is 42.6 Å². The molecule has 0 atom stereocenters. The SMILES string of the molecule is O=C(Nc1nccs1)C1CCN(C(=O)c2cc(-c3ccco3)on2)CC1. The van der Waals surface area contributed by atoms with Crippen LogP contribution < -0.4 is 5.32 Å². The fourth-order valence-corrected chi connectivity index (χ4v) is 3.44. The van der Waals surface area contributed by atoms with Crippen molar-refractivity contribution in [3.05, 3.63) is 41.7 Å². The maximum atomic E-state index is 12.6. The first-order chi connectivity index (χ1) is 12.7. The molecule has 0 aromatic carbocycles. The average Bonchev–Trinajstić information content (AvgIpc) is 3.42. The molecule has 1 N–H and O–H groups in total. The lowest BCUT2D eigenvalue weighted by Crippen LogP contribution is -2.41. The van der Waals surface area contributed by atoms with Crippen molar-refractivity contribution in [3.8, 4) is 11.5 Å². The first kappa shape index (κ1) is 16.5. The van der Waals surface area contributed by atoms with Crippen LogP contribution in [0.25, 0.3) is 11.5 Å². The molecule has 1 aliphatic rings. The summed E-state index contributed by atoms with van der Waals surface area (Å²) in [6.07, 6.45) is 4.38. The maximum absolute atomic E-state index is 12.6. The molecule has 2 amide bonds. The van der Waals surface area contributed by atoms with Gasteiger partial charge in [0.25, 0.3) is 5.91 Å². The van der Waals surface area contributed by atoms with Crippen LogP contribution >= 0.6 is 11.3 Å². The van der Waals surface area contributed by atoms with E-state index in [1.165, 1.54) is 17.6 Å². The van der Waals surface area contributed by atoms with Gasteiger partial charge in [-0.2, -0.15) is 0 Å². The number of rotatable bonds is 4. The van der Waals surface area contributed by atoms with Gasteiger partial charge in [0.05, 0.1) is 6.26 Å². The summed E-state index contributed by atoms with van der Waals surface area (Å²) in [4.78, 5) is 30.6. The number of nitrogens with zero attached hydrogens (tertiary/aromatic N) is 3. The molecule has 26 heavy (non-hydrogen) atoms. The number of carbonyl (C=O) groups is 2. The third-order valence-electron chi connectivity index (χ3n) is 4.31. The number of carbonyl (C=O) groups excluding carboxylic acids is 2. The predicted octanol–water partition coefficient (Wildman–Crippen LogP) is 2.88. The lowest BCUT2D eigenvalue weighted by Gasteiger charge is -2.30. The van der Waals surface area contributed by atoms with Gasteiger partial charge in [-0.15, -0.1) is 11.3 Å². The Labute approximate surface area is 152 Å². The van der Waals surface area contributed by atoms with Crippen molar-refractivity contribution in [3.63, 3.8) is 0 Å². The molecule has 4 heterocycles. The molecule has 1 aliphatic heterocycles. The van der Waals surface area contributed by atoms with Gasteiger partial charge in [0.2, 0.25) is 11.7 Å². The quantitative estimate of drug-likeness (QED) is 0.756. The first-order valence-corrected chi connectivity index (χ1v) is 9.09. The van der Waals surface area contributed by atoms with E-state index in [4.69, 9.17) is 8.94 Å². The van der Waals surface area contributed by atoms with Crippen molar-refractivity contribution in [2.45, 2.75) is 12.8 Å². The Hall–Kier alpha value is -2.94. The van der Waals surface area contributed by atoms with Crippen LogP contribution in [0.15, 0.2) is 45.0 Å². The lowest BCUT2D eigenvalue weighted by molar-refractivity contribution is -0.121. The minimum atomic E-state index is -0.203. The molecule has 0 aliphatic carbocycles. The molecule has 8 nitrogen and oxygen atoms in total. The molecule has 4 rings (SSSR count). The first-order valence-electron chi connectivity index (χ1n) is 8.21. The van der Waals surface area contributed by atoms with Crippen molar-refractivity contribution in [2.24, 2.45) is 5.92 Å². The van der Waals surface area contributed by atoms with E-state index >= 15 is 0 Å². The van der Waals surface area contributed by atoms with Crippen molar-refractivity contribution in [1.82, 2.24) is 15.0 Å². The summed E-state index contributed by atoms with van der Waals surface area (Å²) in [5.74, 6) is 0.558. The smallest absolute Gasteiger partial charge is 0.276 e. The highest BCUT2D eigenvalue weighted by molar-refractivity contribution is 7.13. The number of likely N-dealkylation sites (tertiary alicyclic amines) is 1. The molecule has 3 aromatic rings. The summed E-state index contributed by atoms with van der Waals surface area (Å²) in [5.41, 5.74) is 0.238.